The molecule has 0 saturated heterocycles. The maximum Gasteiger partial charge on any atom is 0.338 e. The molecule has 6 rings (SSSR count). The fourth-order valence-electron chi connectivity index (χ4n) is 5.77. The van der Waals surface area contributed by atoms with Crippen molar-refractivity contribution < 1.29 is 19.0 Å². The molecule has 0 radical (unpaired) electrons. The van der Waals surface area contributed by atoms with Gasteiger partial charge in [0, 0.05) is 10.9 Å². The highest BCUT2D eigenvalue weighted by Gasteiger charge is 2.55. The lowest BCUT2D eigenvalue weighted by atomic mass is 9.54. The Morgan fingerprint density at radius 2 is 1.88 bits per heavy atom. The van der Waals surface area contributed by atoms with Crippen LogP contribution < -0.4 is 4.74 Å². The van der Waals surface area contributed by atoms with Crippen LogP contribution in [0.4, 0.5) is 4.39 Å². The highest BCUT2D eigenvalue weighted by molar-refractivity contribution is 6.24. The van der Waals surface area contributed by atoms with E-state index in [0.29, 0.717) is 29.4 Å². The lowest BCUT2D eigenvalue weighted by Crippen LogP contribution is -2.56. The van der Waals surface area contributed by atoms with Crippen molar-refractivity contribution in [2.75, 3.05) is 0 Å². The summed E-state index contributed by atoms with van der Waals surface area (Å²) in [5.41, 5.74) is 0.618. The molecule has 1 N–H and O–H groups in total. The summed E-state index contributed by atoms with van der Waals surface area (Å²) in [7, 11) is 0. The molecule has 4 bridgehead atoms. The minimum atomic E-state index is -1.22. The fraction of sp³-hybridized carbons (Fsp3) is 0.650. The molecule has 5 saturated carbocycles. The zero-order valence-corrected chi connectivity index (χ0v) is 14.8. The predicted molar refractivity (Wildman–Crippen MR) is 91.9 cm³/mol. The lowest BCUT2D eigenvalue weighted by Gasteiger charge is -2.57. The van der Waals surface area contributed by atoms with E-state index in [1.807, 2.05) is 0 Å². The number of hydrogen-bond donors (Lipinski definition) is 1. The second-order valence-electron chi connectivity index (χ2n) is 8.65. The Bertz CT molecular complexity index is 729. The number of aromatic carboxylic acids is 1. The summed E-state index contributed by atoms with van der Waals surface area (Å²) in [6.07, 6.45) is 7.55. The van der Waals surface area contributed by atoms with Crippen LogP contribution in [-0.4, -0.2) is 22.1 Å². The molecule has 1 aromatic rings. The van der Waals surface area contributed by atoms with E-state index >= 15 is 0 Å². The molecule has 0 spiro atoms. The SMILES string of the molecule is O=C(O)c1cc(C2CC2)c(OC2[C@@H]3CC4C[C@H]2CC(Cl)(C4)C3)cc1F. The molecule has 134 valence electrons. The largest absolute Gasteiger partial charge is 0.489 e. The number of carboxylic acids is 1. The van der Waals surface area contributed by atoms with Crippen LogP contribution in [0.2, 0.25) is 0 Å². The summed E-state index contributed by atoms with van der Waals surface area (Å²) < 4.78 is 20.6. The van der Waals surface area contributed by atoms with Crippen LogP contribution in [0.1, 0.15) is 66.8 Å². The Morgan fingerprint density at radius 1 is 1.20 bits per heavy atom. The van der Waals surface area contributed by atoms with E-state index in [1.165, 1.54) is 12.1 Å². The molecule has 5 fully saturated rings. The normalized spacial score (nSPS) is 38.8. The van der Waals surface area contributed by atoms with Crippen molar-refractivity contribution in [3.8, 4) is 5.75 Å². The lowest BCUT2D eigenvalue weighted by molar-refractivity contribution is -0.0700. The van der Waals surface area contributed by atoms with Gasteiger partial charge in [0.1, 0.15) is 17.7 Å². The molecule has 0 aliphatic heterocycles. The van der Waals surface area contributed by atoms with E-state index in [1.54, 1.807) is 0 Å². The third kappa shape index (κ3) is 2.64. The highest BCUT2D eigenvalue weighted by Crippen LogP contribution is 2.59. The van der Waals surface area contributed by atoms with Gasteiger partial charge in [0.05, 0.1) is 5.56 Å². The third-order valence-electron chi connectivity index (χ3n) is 6.72. The summed E-state index contributed by atoms with van der Waals surface area (Å²) >= 11 is 6.79. The minimum absolute atomic E-state index is 0.0475. The average molecular weight is 365 g/mol. The van der Waals surface area contributed by atoms with Gasteiger partial charge in [-0.25, -0.2) is 9.18 Å². The Kier molecular flexibility index (Phi) is 3.41. The molecule has 5 atom stereocenters. The summed E-state index contributed by atoms with van der Waals surface area (Å²) in [4.78, 5) is 11.2. The minimum Gasteiger partial charge on any atom is -0.489 e. The smallest absolute Gasteiger partial charge is 0.338 e. The van der Waals surface area contributed by atoms with Crippen molar-refractivity contribution >= 4 is 17.6 Å². The van der Waals surface area contributed by atoms with E-state index in [4.69, 9.17) is 16.3 Å². The van der Waals surface area contributed by atoms with E-state index in [0.717, 1.165) is 50.5 Å². The van der Waals surface area contributed by atoms with Crippen LogP contribution in [0.3, 0.4) is 0 Å². The van der Waals surface area contributed by atoms with Crippen LogP contribution in [0.15, 0.2) is 12.1 Å². The third-order valence-corrected chi connectivity index (χ3v) is 7.18. The number of halogens is 2. The second-order valence-corrected chi connectivity index (χ2v) is 9.45. The van der Waals surface area contributed by atoms with Crippen molar-refractivity contribution in [2.24, 2.45) is 17.8 Å². The first-order valence-electron chi connectivity index (χ1n) is 9.34. The van der Waals surface area contributed by atoms with Crippen molar-refractivity contribution in [1.29, 1.82) is 0 Å². The zero-order chi connectivity index (χ0) is 17.3. The first-order valence-corrected chi connectivity index (χ1v) is 9.72. The molecule has 0 amide bonds. The number of alkyl halides is 1. The van der Waals surface area contributed by atoms with Gasteiger partial charge < -0.3 is 9.84 Å². The average Bonchev–Trinajstić information content (AvgIpc) is 3.33. The van der Waals surface area contributed by atoms with E-state index < -0.39 is 11.8 Å². The van der Waals surface area contributed by atoms with Crippen molar-refractivity contribution in [3.05, 3.63) is 29.1 Å². The maximum atomic E-state index is 14.3. The molecule has 3 unspecified atom stereocenters. The summed E-state index contributed by atoms with van der Waals surface area (Å²) in [6.45, 7) is 0. The van der Waals surface area contributed by atoms with Gasteiger partial charge in [0.15, 0.2) is 0 Å². The first-order chi connectivity index (χ1) is 11.9. The molecule has 3 nitrogen and oxygen atoms in total. The van der Waals surface area contributed by atoms with Gasteiger partial charge in [0.25, 0.3) is 0 Å². The van der Waals surface area contributed by atoms with Crippen LogP contribution in [0, 0.1) is 23.6 Å². The zero-order valence-electron chi connectivity index (χ0n) is 14.0. The molecule has 1 aromatic carbocycles. The second kappa shape index (κ2) is 5.35. The van der Waals surface area contributed by atoms with Gasteiger partial charge in [-0.1, -0.05) is 0 Å². The van der Waals surface area contributed by atoms with E-state index in [2.05, 4.69) is 0 Å². The van der Waals surface area contributed by atoms with Gasteiger partial charge in [-0.15, -0.1) is 11.6 Å². The van der Waals surface area contributed by atoms with Gasteiger partial charge in [-0.05, 0) is 80.2 Å². The predicted octanol–water partition coefficient (Wildman–Crippen LogP) is 4.97. The summed E-state index contributed by atoms with van der Waals surface area (Å²) in [6, 6.07) is 2.79. The Morgan fingerprint density at radius 3 is 2.44 bits per heavy atom. The topological polar surface area (TPSA) is 46.5 Å². The monoisotopic (exact) mass is 364 g/mol. The number of hydrogen-bond acceptors (Lipinski definition) is 2. The molecule has 0 heterocycles. The summed E-state index contributed by atoms with van der Waals surface area (Å²) in [5.74, 6) is 0.546. The molecule has 0 aromatic heterocycles. The quantitative estimate of drug-likeness (QED) is 0.767. The number of ether oxygens (including phenoxy) is 1. The van der Waals surface area contributed by atoms with Crippen molar-refractivity contribution in [1.82, 2.24) is 0 Å². The molecular weight excluding hydrogens is 343 g/mol. The van der Waals surface area contributed by atoms with Gasteiger partial charge >= 0.3 is 5.97 Å². The van der Waals surface area contributed by atoms with Crippen LogP contribution in [0.25, 0.3) is 0 Å². The van der Waals surface area contributed by atoms with Crippen molar-refractivity contribution in [2.45, 2.75) is 61.8 Å². The Labute approximate surface area is 151 Å². The number of rotatable bonds is 4. The first kappa shape index (κ1) is 15.9. The standard InChI is InChI=1S/C20H22ClFO3/c21-20-7-10-3-12(8-20)18(13(4-10)9-20)25-17-6-16(22)15(19(23)24)5-14(17)11-1-2-11/h5-6,10-13,18H,1-4,7-9H2,(H,23,24)/t10?,12-,13+,18?,20?. The van der Waals surface area contributed by atoms with Crippen molar-refractivity contribution in [3.63, 3.8) is 0 Å². The number of benzene rings is 1. The molecule has 5 aliphatic carbocycles. The van der Waals surface area contributed by atoms with Crippen LogP contribution in [-0.2, 0) is 0 Å². The molecule has 5 heteroatoms. The Hall–Kier alpha value is -1.29. The number of carbonyl (C=O) groups is 1. The molecule has 5 aliphatic rings. The van der Waals surface area contributed by atoms with Gasteiger partial charge in [-0.3, -0.25) is 0 Å². The fourth-order valence-corrected chi connectivity index (χ4v) is 6.38. The van der Waals surface area contributed by atoms with Crippen LogP contribution in [0.5, 0.6) is 5.75 Å². The molecular formula is C20H22ClFO3. The maximum absolute atomic E-state index is 14.3. The van der Waals surface area contributed by atoms with E-state index in [-0.39, 0.29) is 16.5 Å². The molecule has 25 heavy (non-hydrogen) atoms. The highest BCUT2D eigenvalue weighted by atomic mass is 35.5. The van der Waals surface area contributed by atoms with E-state index in [9.17, 15) is 14.3 Å². The van der Waals surface area contributed by atoms with Crippen LogP contribution >= 0.6 is 11.6 Å². The van der Waals surface area contributed by atoms with Gasteiger partial charge in [-0.2, -0.15) is 0 Å². The Balaban J connectivity index is 1.46. The summed E-state index contributed by atoms with van der Waals surface area (Å²) in [5, 5.41) is 9.20. The number of carboxylic acid groups (broad SMARTS) is 1. The van der Waals surface area contributed by atoms with Gasteiger partial charge in [0.2, 0.25) is 0 Å².